The summed E-state index contributed by atoms with van der Waals surface area (Å²) in [5.41, 5.74) is 0.820. The molecule has 21 heavy (non-hydrogen) atoms. The van der Waals surface area contributed by atoms with E-state index in [4.69, 9.17) is 5.11 Å². The second-order valence-corrected chi connectivity index (χ2v) is 4.94. The summed E-state index contributed by atoms with van der Waals surface area (Å²) in [5.74, 6) is -1.68. The van der Waals surface area contributed by atoms with Crippen LogP contribution in [0.2, 0.25) is 0 Å². The lowest BCUT2D eigenvalue weighted by Gasteiger charge is -2.17. The first-order chi connectivity index (χ1) is 9.99. The van der Waals surface area contributed by atoms with Crippen LogP contribution in [0.3, 0.4) is 0 Å². The number of carboxylic acid groups (broad SMARTS) is 1. The number of aliphatic hydroxyl groups excluding tert-OH is 1. The lowest BCUT2D eigenvalue weighted by atomic mass is 10.0. The van der Waals surface area contributed by atoms with Gasteiger partial charge in [-0.2, -0.15) is 0 Å². The van der Waals surface area contributed by atoms with E-state index in [2.05, 4.69) is 5.32 Å². The van der Waals surface area contributed by atoms with Crippen LogP contribution in [0.25, 0.3) is 10.8 Å². The van der Waals surface area contributed by atoms with Gasteiger partial charge in [-0.05, 0) is 23.3 Å². The fraction of sp³-hybridized carbons (Fsp3) is 0.250. The predicted octanol–water partition coefficient (Wildman–Crippen LogP) is 1.33. The van der Waals surface area contributed by atoms with E-state index < -0.39 is 24.0 Å². The van der Waals surface area contributed by atoms with E-state index in [0.717, 1.165) is 16.3 Å². The quantitative estimate of drug-likeness (QED) is 0.774. The number of benzene rings is 2. The number of nitrogens with one attached hydrogen (secondary N) is 1. The van der Waals surface area contributed by atoms with Crippen molar-refractivity contribution in [2.75, 3.05) is 0 Å². The first kappa shape index (κ1) is 15.0. The van der Waals surface area contributed by atoms with Crippen molar-refractivity contribution < 1.29 is 19.8 Å². The van der Waals surface area contributed by atoms with E-state index in [9.17, 15) is 14.7 Å². The normalized spacial score (nSPS) is 13.6. The molecule has 1 amide bonds. The molecule has 5 heteroatoms. The van der Waals surface area contributed by atoms with Crippen molar-refractivity contribution in [3.63, 3.8) is 0 Å². The van der Waals surface area contributed by atoms with Gasteiger partial charge in [0.1, 0.15) is 0 Å². The van der Waals surface area contributed by atoms with E-state index in [0.29, 0.717) is 0 Å². The number of carbonyl (C=O) groups is 2. The number of fused-ring (bicyclic) bond motifs is 1. The Morgan fingerprint density at radius 1 is 1.14 bits per heavy atom. The van der Waals surface area contributed by atoms with Crippen LogP contribution in [-0.2, 0) is 16.0 Å². The van der Waals surface area contributed by atoms with Crippen molar-refractivity contribution >= 4 is 22.6 Å². The van der Waals surface area contributed by atoms with Gasteiger partial charge >= 0.3 is 5.97 Å². The highest BCUT2D eigenvalue weighted by atomic mass is 16.4. The summed E-state index contributed by atoms with van der Waals surface area (Å²) in [6.45, 7) is 1.33. The van der Waals surface area contributed by atoms with Gasteiger partial charge in [0.2, 0.25) is 5.91 Å². The van der Waals surface area contributed by atoms with E-state index in [1.54, 1.807) is 0 Å². The molecular formula is C16H17NO4. The fourth-order valence-electron chi connectivity index (χ4n) is 2.23. The van der Waals surface area contributed by atoms with E-state index >= 15 is 0 Å². The van der Waals surface area contributed by atoms with Crippen molar-refractivity contribution in [3.05, 3.63) is 48.0 Å². The number of carboxylic acids is 1. The molecule has 5 nitrogen and oxygen atoms in total. The van der Waals surface area contributed by atoms with Gasteiger partial charge in [0.05, 0.1) is 12.5 Å². The maximum atomic E-state index is 12.0. The summed E-state index contributed by atoms with van der Waals surface area (Å²) in [5, 5.41) is 22.6. The van der Waals surface area contributed by atoms with Crippen molar-refractivity contribution in [2.24, 2.45) is 0 Å². The zero-order valence-electron chi connectivity index (χ0n) is 11.6. The fourth-order valence-corrected chi connectivity index (χ4v) is 2.23. The molecule has 3 N–H and O–H groups in total. The van der Waals surface area contributed by atoms with Gasteiger partial charge in [-0.3, -0.25) is 4.79 Å². The van der Waals surface area contributed by atoms with Gasteiger partial charge in [0.25, 0.3) is 0 Å². The molecular weight excluding hydrogens is 270 g/mol. The summed E-state index contributed by atoms with van der Waals surface area (Å²) in [7, 11) is 0. The molecule has 0 aliphatic heterocycles. The molecule has 0 fully saturated rings. The lowest BCUT2D eigenvalue weighted by Crippen LogP contribution is -2.48. The molecule has 0 heterocycles. The molecule has 0 aliphatic rings. The van der Waals surface area contributed by atoms with Gasteiger partial charge < -0.3 is 15.5 Å². The molecule has 0 spiro atoms. The third-order valence-electron chi connectivity index (χ3n) is 3.30. The maximum Gasteiger partial charge on any atom is 0.328 e. The van der Waals surface area contributed by atoms with Crippen molar-refractivity contribution in [2.45, 2.75) is 25.5 Å². The summed E-state index contributed by atoms with van der Waals surface area (Å²) in [6.07, 6.45) is -1.09. The smallest absolute Gasteiger partial charge is 0.328 e. The van der Waals surface area contributed by atoms with Gasteiger partial charge in [-0.1, -0.05) is 42.5 Å². The largest absolute Gasteiger partial charge is 0.480 e. The molecule has 0 unspecified atom stereocenters. The average molecular weight is 287 g/mol. The number of hydrogen-bond donors (Lipinski definition) is 3. The zero-order valence-corrected chi connectivity index (χ0v) is 11.6. The molecule has 110 valence electrons. The van der Waals surface area contributed by atoms with Crippen LogP contribution in [0, 0.1) is 0 Å². The predicted molar refractivity (Wildman–Crippen MR) is 78.9 cm³/mol. The van der Waals surface area contributed by atoms with E-state index in [-0.39, 0.29) is 6.42 Å². The van der Waals surface area contributed by atoms with E-state index in [1.807, 2.05) is 42.5 Å². The topological polar surface area (TPSA) is 86.6 Å². The highest BCUT2D eigenvalue weighted by Gasteiger charge is 2.24. The monoisotopic (exact) mass is 287 g/mol. The van der Waals surface area contributed by atoms with Crippen LogP contribution in [0.4, 0.5) is 0 Å². The molecule has 0 radical (unpaired) electrons. The standard InChI is InChI=1S/C16H17NO4/c1-10(18)15(16(20)21)17-14(19)9-12-7-4-6-11-5-2-3-8-13(11)12/h2-8,10,15,18H,9H2,1H3,(H,17,19)(H,20,21)/t10-,15-/m1/s1. The molecule has 2 atom stereocenters. The molecule has 2 aromatic carbocycles. The zero-order chi connectivity index (χ0) is 15.4. The van der Waals surface area contributed by atoms with Crippen LogP contribution in [0.15, 0.2) is 42.5 Å². The SMILES string of the molecule is C[C@@H](O)[C@@H](NC(=O)Cc1cccc2ccccc12)C(=O)O. The molecule has 0 saturated heterocycles. The first-order valence-corrected chi connectivity index (χ1v) is 6.66. The Balaban J connectivity index is 2.17. The Kier molecular flexibility index (Phi) is 4.55. The molecule has 2 aromatic rings. The summed E-state index contributed by atoms with van der Waals surface area (Å²) in [6, 6.07) is 12.0. The maximum absolute atomic E-state index is 12.0. The van der Waals surface area contributed by atoms with Gasteiger partial charge in [0, 0.05) is 0 Å². The Morgan fingerprint density at radius 2 is 1.81 bits per heavy atom. The average Bonchev–Trinajstić information content (AvgIpc) is 2.44. The second kappa shape index (κ2) is 6.37. The third-order valence-corrected chi connectivity index (χ3v) is 3.30. The van der Waals surface area contributed by atoms with Crippen LogP contribution in [0.5, 0.6) is 0 Å². The summed E-state index contributed by atoms with van der Waals surface area (Å²) < 4.78 is 0. The van der Waals surface area contributed by atoms with Crippen LogP contribution in [0.1, 0.15) is 12.5 Å². The van der Waals surface area contributed by atoms with Crippen molar-refractivity contribution in [1.29, 1.82) is 0 Å². The molecule has 0 saturated carbocycles. The number of aliphatic carboxylic acids is 1. The van der Waals surface area contributed by atoms with Gasteiger partial charge in [-0.15, -0.1) is 0 Å². The Bertz CT molecular complexity index is 661. The minimum atomic E-state index is -1.30. The minimum absolute atomic E-state index is 0.0673. The van der Waals surface area contributed by atoms with Gasteiger partial charge in [-0.25, -0.2) is 4.79 Å². The molecule has 0 bridgehead atoms. The highest BCUT2D eigenvalue weighted by molar-refractivity contribution is 5.91. The van der Waals surface area contributed by atoms with Crippen LogP contribution < -0.4 is 5.32 Å². The highest BCUT2D eigenvalue weighted by Crippen LogP contribution is 2.18. The summed E-state index contributed by atoms with van der Waals surface area (Å²) in [4.78, 5) is 23.0. The van der Waals surface area contributed by atoms with Crippen LogP contribution >= 0.6 is 0 Å². The van der Waals surface area contributed by atoms with Crippen LogP contribution in [-0.4, -0.2) is 34.2 Å². The Hall–Kier alpha value is -2.40. The first-order valence-electron chi connectivity index (χ1n) is 6.66. The minimum Gasteiger partial charge on any atom is -0.480 e. The molecule has 0 aromatic heterocycles. The Morgan fingerprint density at radius 3 is 2.48 bits per heavy atom. The number of amides is 1. The summed E-state index contributed by atoms with van der Waals surface area (Å²) >= 11 is 0. The second-order valence-electron chi connectivity index (χ2n) is 4.94. The number of rotatable bonds is 5. The number of hydrogen-bond acceptors (Lipinski definition) is 3. The van der Waals surface area contributed by atoms with Gasteiger partial charge in [0.15, 0.2) is 6.04 Å². The molecule has 0 aliphatic carbocycles. The van der Waals surface area contributed by atoms with Crippen molar-refractivity contribution in [1.82, 2.24) is 5.32 Å². The lowest BCUT2D eigenvalue weighted by molar-refractivity contribution is -0.144. The van der Waals surface area contributed by atoms with Crippen molar-refractivity contribution in [3.8, 4) is 0 Å². The van der Waals surface area contributed by atoms with E-state index in [1.165, 1.54) is 6.92 Å². The third kappa shape index (κ3) is 3.58. The molecule has 2 rings (SSSR count). The number of aliphatic hydroxyl groups is 1. The Labute approximate surface area is 122 Å². The number of carbonyl (C=O) groups excluding carboxylic acids is 1.